The average Bonchev–Trinajstić information content (AvgIpc) is 2.40. The van der Waals surface area contributed by atoms with Crippen LogP contribution in [-0.4, -0.2) is 50.2 Å². The van der Waals surface area contributed by atoms with Gasteiger partial charge in [0, 0.05) is 0 Å². The SMILES string of the molecule is CC(C(=O)O)[C@@H]1[C@H]([C@@H](C)O[Si](C)(C)C(C)(C)C)C(=O)N1[Si](C)(C)C(C)(C)C. The van der Waals surface area contributed by atoms with Crippen molar-refractivity contribution in [1.82, 2.24) is 4.57 Å². The van der Waals surface area contributed by atoms with E-state index in [1.54, 1.807) is 6.92 Å². The van der Waals surface area contributed by atoms with Crippen LogP contribution in [0.2, 0.25) is 36.3 Å². The number of β-lactam (4-membered cyclic amide) rings is 1. The molecule has 0 spiro atoms. The van der Waals surface area contributed by atoms with E-state index in [0.29, 0.717) is 0 Å². The van der Waals surface area contributed by atoms with Crippen LogP contribution >= 0.6 is 0 Å². The van der Waals surface area contributed by atoms with Crippen molar-refractivity contribution >= 4 is 28.4 Å². The number of carboxylic acid groups (broad SMARTS) is 1. The molecule has 1 fully saturated rings. The van der Waals surface area contributed by atoms with E-state index in [0.717, 1.165) is 0 Å². The van der Waals surface area contributed by atoms with Gasteiger partial charge in [0.25, 0.3) is 0 Å². The van der Waals surface area contributed by atoms with Gasteiger partial charge in [-0.2, -0.15) is 0 Å². The van der Waals surface area contributed by atoms with E-state index in [-0.39, 0.29) is 34.0 Å². The lowest BCUT2D eigenvalue weighted by atomic mass is 9.79. The van der Waals surface area contributed by atoms with E-state index < -0.39 is 28.4 Å². The number of amides is 1. The fraction of sp³-hybridized carbons (Fsp3) is 0.900. The van der Waals surface area contributed by atoms with E-state index in [4.69, 9.17) is 4.43 Å². The third kappa shape index (κ3) is 4.35. The maximum absolute atomic E-state index is 13.3. The molecular weight excluding hydrogens is 374 g/mol. The zero-order valence-electron chi connectivity index (χ0n) is 19.4. The van der Waals surface area contributed by atoms with Crippen molar-refractivity contribution in [3.63, 3.8) is 0 Å². The molecule has 0 radical (unpaired) electrons. The Morgan fingerprint density at radius 2 is 1.48 bits per heavy atom. The zero-order chi connectivity index (χ0) is 21.7. The Labute approximate surface area is 168 Å². The molecule has 1 saturated heterocycles. The molecule has 0 bridgehead atoms. The fourth-order valence-electron chi connectivity index (χ4n) is 3.42. The summed E-state index contributed by atoms with van der Waals surface area (Å²) in [7, 11) is -4.21. The van der Waals surface area contributed by atoms with Crippen LogP contribution in [0.5, 0.6) is 0 Å². The summed E-state index contributed by atoms with van der Waals surface area (Å²) in [4.78, 5) is 25.1. The van der Waals surface area contributed by atoms with Gasteiger partial charge in [-0.05, 0) is 37.0 Å². The topological polar surface area (TPSA) is 66.8 Å². The molecule has 1 amide bonds. The van der Waals surface area contributed by atoms with Crippen molar-refractivity contribution in [1.29, 1.82) is 0 Å². The summed E-state index contributed by atoms with van der Waals surface area (Å²) in [5, 5.41) is 9.71. The van der Waals surface area contributed by atoms with E-state index in [1.807, 2.05) is 11.5 Å². The number of nitrogens with zero attached hydrogens (tertiary/aromatic N) is 1. The predicted molar refractivity (Wildman–Crippen MR) is 116 cm³/mol. The highest BCUT2D eigenvalue weighted by Gasteiger charge is 2.61. The number of aliphatic carboxylic acids is 1. The smallest absolute Gasteiger partial charge is 0.308 e. The van der Waals surface area contributed by atoms with Crippen molar-refractivity contribution in [2.75, 3.05) is 0 Å². The van der Waals surface area contributed by atoms with Crippen LogP contribution in [0.15, 0.2) is 0 Å². The van der Waals surface area contributed by atoms with Gasteiger partial charge >= 0.3 is 5.97 Å². The number of hydrogen-bond donors (Lipinski definition) is 1. The van der Waals surface area contributed by atoms with Crippen LogP contribution in [-0.2, 0) is 14.0 Å². The molecule has 1 unspecified atom stereocenters. The van der Waals surface area contributed by atoms with Crippen molar-refractivity contribution in [2.24, 2.45) is 11.8 Å². The molecule has 1 rings (SSSR count). The molecular formula is C20H41NO4Si2. The van der Waals surface area contributed by atoms with Crippen molar-refractivity contribution in [3.8, 4) is 0 Å². The van der Waals surface area contributed by atoms with Crippen LogP contribution in [0.25, 0.3) is 0 Å². The number of hydrogen-bond acceptors (Lipinski definition) is 3. The molecule has 0 aromatic rings. The van der Waals surface area contributed by atoms with Gasteiger partial charge in [0.1, 0.15) is 0 Å². The lowest BCUT2D eigenvalue weighted by Gasteiger charge is -2.61. The highest BCUT2D eigenvalue weighted by molar-refractivity contribution is 6.80. The summed E-state index contributed by atoms with van der Waals surface area (Å²) in [6.45, 7) is 25.3. The first-order valence-electron chi connectivity index (χ1n) is 10.0. The Morgan fingerprint density at radius 1 is 1.04 bits per heavy atom. The molecule has 1 heterocycles. The summed E-state index contributed by atoms with van der Waals surface area (Å²) < 4.78 is 8.44. The van der Waals surface area contributed by atoms with Crippen molar-refractivity contribution < 1.29 is 19.1 Å². The third-order valence-corrected chi connectivity index (χ3v) is 17.3. The summed E-state index contributed by atoms with van der Waals surface area (Å²) in [6.07, 6.45) is -0.272. The van der Waals surface area contributed by atoms with Crippen LogP contribution in [0.1, 0.15) is 55.4 Å². The highest BCUT2D eigenvalue weighted by atomic mass is 28.4. The second kappa shape index (κ2) is 7.30. The summed E-state index contributed by atoms with van der Waals surface area (Å²) in [5.41, 5.74) is 0. The van der Waals surface area contributed by atoms with E-state index >= 15 is 0 Å². The summed E-state index contributed by atoms with van der Waals surface area (Å²) in [6, 6.07) is -0.296. The van der Waals surface area contributed by atoms with Crippen LogP contribution < -0.4 is 0 Å². The molecule has 7 heteroatoms. The molecule has 5 nitrogen and oxygen atoms in total. The monoisotopic (exact) mass is 415 g/mol. The van der Waals surface area contributed by atoms with Crippen molar-refractivity contribution in [3.05, 3.63) is 0 Å². The first-order valence-corrected chi connectivity index (χ1v) is 15.9. The average molecular weight is 416 g/mol. The molecule has 4 atom stereocenters. The van der Waals surface area contributed by atoms with Gasteiger partial charge < -0.3 is 14.1 Å². The fourth-order valence-corrected chi connectivity index (χ4v) is 7.40. The quantitative estimate of drug-likeness (QED) is 0.492. The molecule has 27 heavy (non-hydrogen) atoms. The molecule has 1 aliphatic rings. The minimum Gasteiger partial charge on any atom is -0.481 e. The molecule has 0 aromatic carbocycles. The van der Waals surface area contributed by atoms with Crippen LogP contribution in [0.3, 0.4) is 0 Å². The van der Waals surface area contributed by atoms with Crippen LogP contribution in [0, 0.1) is 11.8 Å². The predicted octanol–water partition coefficient (Wildman–Crippen LogP) is 4.95. The molecule has 0 aromatic heterocycles. The minimum absolute atomic E-state index is 0.0341. The summed E-state index contributed by atoms with van der Waals surface area (Å²) in [5.74, 6) is -1.75. The van der Waals surface area contributed by atoms with Gasteiger partial charge in [0.15, 0.2) is 16.6 Å². The van der Waals surface area contributed by atoms with Crippen LogP contribution in [0.4, 0.5) is 0 Å². The first kappa shape index (κ1) is 24.4. The second-order valence-electron chi connectivity index (χ2n) is 11.2. The lowest BCUT2D eigenvalue weighted by Crippen LogP contribution is -2.77. The standard InChI is InChI=1S/C20H41NO4Si2/c1-13(18(23)24)16-15(14(2)25-27(11,12)20(6,7)8)17(22)21(16)26(9,10)19(3,4)5/h13-16H,1-12H3,(H,23,24)/t13?,14-,15+,16-/m1/s1. The highest BCUT2D eigenvalue weighted by Crippen LogP contribution is 2.48. The molecule has 1 aliphatic heterocycles. The van der Waals surface area contributed by atoms with E-state index in [1.165, 1.54) is 0 Å². The Hall–Kier alpha value is -0.666. The molecule has 0 saturated carbocycles. The largest absolute Gasteiger partial charge is 0.481 e. The van der Waals surface area contributed by atoms with Gasteiger partial charge in [0.2, 0.25) is 5.91 Å². The van der Waals surface area contributed by atoms with Gasteiger partial charge in [-0.25, -0.2) is 0 Å². The van der Waals surface area contributed by atoms with Gasteiger partial charge in [0.05, 0.1) is 24.0 Å². The third-order valence-electron chi connectivity index (χ3n) is 7.32. The Bertz CT molecular complexity index is 590. The molecule has 1 N–H and O–H groups in total. The lowest BCUT2D eigenvalue weighted by molar-refractivity contribution is -0.163. The van der Waals surface area contributed by atoms with Crippen molar-refractivity contribution in [2.45, 2.75) is 104 Å². The number of rotatable bonds is 6. The van der Waals surface area contributed by atoms with Gasteiger partial charge in [-0.15, -0.1) is 0 Å². The van der Waals surface area contributed by atoms with Gasteiger partial charge in [-0.1, -0.05) is 54.6 Å². The molecule has 0 aliphatic carbocycles. The Balaban J connectivity index is 3.25. The number of carbonyl (C=O) groups is 2. The second-order valence-corrected chi connectivity index (χ2v) is 21.1. The van der Waals surface area contributed by atoms with Gasteiger partial charge in [-0.3, -0.25) is 9.59 Å². The summed E-state index contributed by atoms with van der Waals surface area (Å²) >= 11 is 0. The Kier molecular flexibility index (Phi) is 6.59. The zero-order valence-corrected chi connectivity index (χ0v) is 21.4. The van der Waals surface area contributed by atoms with E-state index in [9.17, 15) is 14.7 Å². The first-order chi connectivity index (χ1) is 11.8. The van der Waals surface area contributed by atoms with E-state index in [2.05, 4.69) is 67.7 Å². The number of carboxylic acids is 1. The maximum atomic E-state index is 13.3. The molecule has 158 valence electrons. The Morgan fingerprint density at radius 3 is 1.81 bits per heavy atom. The number of carbonyl (C=O) groups excluding carboxylic acids is 1. The normalized spacial score (nSPS) is 24.4. The maximum Gasteiger partial charge on any atom is 0.308 e. The minimum atomic E-state index is -2.16.